The van der Waals surface area contributed by atoms with Crippen molar-refractivity contribution in [3.05, 3.63) is 36.0 Å². The van der Waals surface area contributed by atoms with Gasteiger partial charge in [0.1, 0.15) is 17.8 Å². The van der Waals surface area contributed by atoms with Gasteiger partial charge in [0, 0.05) is 19.0 Å². The zero-order valence-corrected chi connectivity index (χ0v) is 17.9. The van der Waals surface area contributed by atoms with Crippen LogP contribution in [0.3, 0.4) is 0 Å². The first-order chi connectivity index (χ1) is 14.8. The number of ketones is 1. The Balaban J connectivity index is 1.67. The molecule has 1 fully saturated rings. The van der Waals surface area contributed by atoms with Crippen molar-refractivity contribution in [2.24, 2.45) is 11.1 Å². The molecule has 1 aliphatic rings. The van der Waals surface area contributed by atoms with E-state index in [1.807, 2.05) is 6.92 Å². The van der Waals surface area contributed by atoms with Gasteiger partial charge >= 0.3 is 10.3 Å². The van der Waals surface area contributed by atoms with Gasteiger partial charge in [-0.2, -0.15) is 13.5 Å². The van der Waals surface area contributed by atoms with Crippen LogP contribution in [0.1, 0.15) is 35.8 Å². The number of nitrogens with one attached hydrogen (secondary N) is 1. The number of hydrogen-bond acceptors (Lipinski definition) is 10. The van der Waals surface area contributed by atoms with Crippen LogP contribution in [0.2, 0.25) is 0 Å². The number of nitrogens with zero attached hydrogens (tertiary/aromatic N) is 4. The van der Waals surface area contributed by atoms with Crippen LogP contribution in [0.4, 0.5) is 5.82 Å². The van der Waals surface area contributed by atoms with E-state index in [9.17, 15) is 18.3 Å². The maximum Gasteiger partial charge on any atom is 0.333 e. The molecule has 2 heterocycles. The van der Waals surface area contributed by atoms with E-state index >= 15 is 0 Å². The fourth-order valence-electron chi connectivity index (χ4n) is 3.43. The van der Waals surface area contributed by atoms with E-state index in [-0.39, 0.29) is 35.4 Å². The topological polar surface area (TPSA) is 172 Å². The Labute approximate surface area is 180 Å². The number of anilines is 1. The van der Waals surface area contributed by atoms with Gasteiger partial charge in [0.15, 0.2) is 0 Å². The van der Waals surface area contributed by atoms with Gasteiger partial charge in [-0.3, -0.25) is 13.7 Å². The molecule has 1 aliphatic carbocycles. The van der Waals surface area contributed by atoms with Crippen LogP contribution in [0.25, 0.3) is 0 Å². The normalized spacial score (nSPS) is 21.3. The lowest BCUT2D eigenvalue weighted by Gasteiger charge is -2.18. The predicted octanol–water partition coefficient (Wildman–Crippen LogP) is -0.288. The summed E-state index contributed by atoms with van der Waals surface area (Å²) in [6, 6.07) is 1.16. The second-order valence-corrected chi connectivity index (χ2v) is 8.43. The molecule has 3 atom stereocenters. The lowest BCUT2D eigenvalue weighted by atomic mass is 10.1. The molecule has 1 saturated carbocycles. The monoisotopic (exact) mass is 454 g/mol. The van der Waals surface area contributed by atoms with E-state index in [4.69, 9.17) is 9.88 Å². The van der Waals surface area contributed by atoms with Crippen LogP contribution in [0.5, 0.6) is 0 Å². The molecule has 0 radical (unpaired) electrons. The highest BCUT2D eigenvalue weighted by Crippen LogP contribution is 2.29. The molecule has 0 saturated heterocycles. The number of ether oxygens (including phenoxy) is 1. The molecule has 31 heavy (non-hydrogen) atoms. The molecule has 4 N–H and O–H groups in total. The third kappa shape index (κ3) is 6.51. The molecule has 0 aliphatic heterocycles. The molecule has 0 spiro atoms. The van der Waals surface area contributed by atoms with Crippen LogP contribution < -0.4 is 10.5 Å². The summed E-state index contributed by atoms with van der Waals surface area (Å²) >= 11 is 0. The number of aliphatic hydroxyl groups is 1. The first-order valence-electron chi connectivity index (χ1n) is 9.84. The van der Waals surface area contributed by atoms with Crippen LogP contribution in [-0.4, -0.2) is 71.0 Å². The second kappa shape index (κ2) is 10.2. The van der Waals surface area contributed by atoms with Crippen LogP contribution in [0, 0.1) is 5.92 Å². The molecule has 12 nitrogen and oxygen atoms in total. The molecule has 2 aromatic heterocycles. The first-order valence-corrected chi connectivity index (χ1v) is 11.3. The summed E-state index contributed by atoms with van der Waals surface area (Å²) < 4.78 is 33.5. The standard InChI is InChI=1S/C18H26N6O6S/c1-2-29-6-5-24-4-3-14(23-24)17(26)13-9-20-11-21-18(13)22-15-7-12(8-16(15)25)10-30-31(19,27)28/h3-4,9,11-12,15-16,25H,2,5-8,10H2,1H3,(H2,19,27,28)(H,20,21,22)/t12-,15+,16+/m0/s1. The summed E-state index contributed by atoms with van der Waals surface area (Å²) in [7, 11) is -4.04. The fourth-order valence-corrected chi connectivity index (χ4v) is 3.82. The van der Waals surface area contributed by atoms with Gasteiger partial charge in [-0.15, -0.1) is 0 Å². The van der Waals surface area contributed by atoms with E-state index in [1.54, 1.807) is 16.9 Å². The molecule has 0 unspecified atom stereocenters. The third-order valence-corrected chi connectivity index (χ3v) is 5.38. The van der Waals surface area contributed by atoms with Crippen molar-refractivity contribution in [1.29, 1.82) is 0 Å². The van der Waals surface area contributed by atoms with Gasteiger partial charge in [0.05, 0.1) is 37.5 Å². The highest BCUT2D eigenvalue weighted by atomic mass is 32.2. The summed E-state index contributed by atoms with van der Waals surface area (Å²) in [6.07, 6.45) is 4.35. The van der Waals surface area contributed by atoms with Crippen molar-refractivity contribution < 1.29 is 27.2 Å². The zero-order chi connectivity index (χ0) is 22.4. The van der Waals surface area contributed by atoms with Crippen molar-refractivity contribution in [1.82, 2.24) is 19.7 Å². The highest BCUT2D eigenvalue weighted by molar-refractivity contribution is 7.84. The molecule has 3 rings (SSSR count). The van der Waals surface area contributed by atoms with Crippen molar-refractivity contribution in [2.75, 3.05) is 25.1 Å². The van der Waals surface area contributed by atoms with E-state index < -0.39 is 22.4 Å². The summed E-state index contributed by atoms with van der Waals surface area (Å²) in [5, 5.41) is 22.5. The molecule has 0 aromatic carbocycles. The molecule has 0 amide bonds. The number of nitrogens with two attached hydrogens (primary N) is 1. The van der Waals surface area contributed by atoms with Gasteiger partial charge in [0.2, 0.25) is 5.78 Å². The lowest BCUT2D eigenvalue weighted by molar-refractivity contribution is 0.103. The van der Waals surface area contributed by atoms with Crippen molar-refractivity contribution >= 4 is 21.9 Å². The zero-order valence-electron chi connectivity index (χ0n) is 17.0. The Morgan fingerprint density at radius 3 is 2.97 bits per heavy atom. The maximum atomic E-state index is 13.0. The number of rotatable bonds is 11. The maximum absolute atomic E-state index is 13.0. The number of carbonyl (C=O) groups is 1. The van der Waals surface area contributed by atoms with Gasteiger partial charge in [-0.05, 0) is 31.7 Å². The van der Waals surface area contributed by atoms with Crippen LogP contribution in [-0.2, 0) is 25.8 Å². The lowest BCUT2D eigenvalue weighted by Crippen LogP contribution is -2.29. The summed E-state index contributed by atoms with van der Waals surface area (Å²) in [5.41, 5.74) is 0.453. The van der Waals surface area contributed by atoms with Gasteiger partial charge in [-0.1, -0.05) is 0 Å². The third-order valence-electron chi connectivity index (χ3n) is 4.92. The Morgan fingerprint density at radius 1 is 1.42 bits per heavy atom. The summed E-state index contributed by atoms with van der Waals surface area (Å²) in [4.78, 5) is 21.0. The largest absolute Gasteiger partial charge is 0.391 e. The van der Waals surface area contributed by atoms with Crippen LogP contribution >= 0.6 is 0 Å². The number of aliphatic hydroxyl groups excluding tert-OH is 1. The van der Waals surface area contributed by atoms with E-state index in [2.05, 4.69) is 24.6 Å². The molecule has 170 valence electrons. The van der Waals surface area contributed by atoms with Crippen molar-refractivity contribution in [2.45, 2.75) is 38.5 Å². The number of hydrogen-bond donors (Lipinski definition) is 3. The SMILES string of the molecule is CCOCCn1ccc(C(=O)c2cncnc2N[C@@H]2C[C@H](COS(N)(=O)=O)C[C@H]2O)n1. The number of aromatic nitrogens is 4. The van der Waals surface area contributed by atoms with E-state index in [0.717, 1.165) is 0 Å². The highest BCUT2D eigenvalue weighted by Gasteiger charge is 2.34. The Bertz CT molecular complexity index is 997. The van der Waals surface area contributed by atoms with E-state index in [0.29, 0.717) is 32.6 Å². The van der Waals surface area contributed by atoms with Gasteiger partial charge in [0.25, 0.3) is 0 Å². The Morgan fingerprint density at radius 2 is 2.23 bits per heavy atom. The minimum absolute atomic E-state index is 0.122. The molecular weight excluding hydrogens is 428 g/mol. The van der Waals surface area contributed by atoms with Crippen molar-refractivity contribution in [3.8, 4) is 0 Å². The minimum atomic E-state index is -4.04. The van der Waals surface area contributed by atoms with Crippen LogP contribution in [0.15, 0.2) is 24.8 Å². The predicted molar refractivity (Wildman–Crippen MR) is 109 cm³/mol. The van der Waals surface area contributed by atoms with Gasteiger partial charge in [-0.25, -0.2) is 15.1 Å². The Kier molecular flexibility index (Phi) is 7.67. The Hall–Kier alpha value is -2.45. The van der Waals surface area contributed by atoms with Crippen molar-refractivity contribution in [3.63, 3.8) is 0 Å². The molecular formula is C18H26N6O6S. The van der Waals surface area contributed by atoms with Gasteiger partial charge < -0.3 is 15.2 Å². The quantitative estimate of drug-likeness (QED) is 0.303. The second-order valence-electron chi connectivity index (χ2n) is 7.21. The average Bonchev–Trinajstić information content (AvgIpc) is 3.33. The van der Waals surface area contributed by atoms with E-state index in [1.165, 1.54) is 12.5 Å². The molecule has 13 heteroatoms. The summed E-state index contributed by atoms with van der Waals surface area (Å²) in [5.74, 6) is -0.311. The number of carbonyl (C=O) groups excluding carboxylic acids is 1. The molecule has 0 bridgehead atoms. The summed E-state index contributed by atoms with van der Waals surface area (Å²) in [6.45, 7) is 3.39. The minimum Gasteiger partial charge on any atom is -0.391 e. The smallest absolute Gasteiger partial charge is 0.333 e. The fraction of sp³-hybridized carbons (Fsp3) is 0.556. The molecule has 2 aromatic rings. The average molecular weight is 455 g/mol. The first kappa shape index (κ1) is 23.2.